The molecular weight excluding hydrogens is 248 g/mol. The quantitative estimate of drug-likeness (QED) is 0.647. The van der Waals surface area contributed by atoms with E-state index in [2.05, 4.69) is 43.5 Å². The molecule has 1 aromatic carbocycles. The van der Waals surface area contributed by atoms with Gasteiger partial charge in [0.25, 0.3) is 0 Å². The lowest BCUT2D eigenvalue weighted by molar-refractivity contribution is 0.168. The van der Waals surface area contributed by atoms with Gasteiger partial charge in [-0.05, 0) is 49.8 Å². The van der Waals surface area contributed by atoms with Crippen LogP contribution in [-0.2, 0) is 0 Å². The van der Waals surface area contributed by atoms with Gasteiger partial charge in [-0.2, -0.15) is 0 Å². The molecule has 108 valence electrons. The van der Waals surface area contributed by atoms with Gasteiger partial charge in [0.1, 0.15) is 11.3 Å². The van der Waals surface area contributed by atoms with Gasteiger partial charge in [-0.1, -0.05) is 31.4 Å². The van der Waals surface area contributed by atoms with E-state index in [9.17, 15) is 0 Å². The summed E-state index contributed by atoms with van der Waals surface area (Å²) in [5, 5.41) is 1.17. The van der Waals surface area contributed by atoms with Gasteiger partial charge in [-0.15, -0.1) is 0 Å². The van der Waals surface area contributed by atoms with E-state index < -0.39 is 0 Å². The summed E-state index contributed by atoms with van der Waals surface area (Å²) in [5.74, 6) is 6.87. The maximum atomic E-state index is 6.07. The van der Waals surface area contributed by atoms with Gasteiger partial charge in [0, 0.05) is 5.39 Å². The summed E-state index contributed by atoms with van der Waals surface area (Å²) in [6, 6.07) is 8.58. The first-order valence-electron chi connectivity index (χ1n) is 7.65. The Morgan fingerprint density at radius 1 is 1.30 bits per heavy atom. The molecule has 0 bridgehead atoms. The molecule has 0 radical (unpaired) electrons. The first-order chi connectivity index (χ1) is 9.68. The molecule has 1 aromatic heterocycles. The Hall–Kier alpha value is -1.32. The van der Waals surface area contributed by atoms with E-state index in [1.165, 1.54) is 36.6 Å². The van der Waals surface area contributed by atoms with Crippen LogP contribution in [-0.4, -0.2) is 0 Å². The van der Waals surface area contributed by atoms with E-state index in [0.29, 0.717) is 0 Å². The predicted octanol–water partition coefficient (Wildman–Crippen LogP) is 4.22. The zero-order valence-electron chi connectivity index (χ0n) is 12.4. The minimum atomic E-state index is 0.114. The molecule has 3 rings (SSSR count). The van der Waals surface area contributed by atoms with Crippen LogP contribution < -0.4 is 11.3 Å². The monoisotopic (exact) mass is 272 g/mol. The fraction of sp³-hybridized carbons (Fsp3) is 0.529. The number of benzene rings is 1. The normalized spacial score (nSPS) is 19.6. The van der Waals surface area contributed by atoms with Gasteiger partial charge in [0.15, 0.2) is 0 Å². The van der Waals surface area contributed by atoms with Gasteiger partial charge in [-0.25, -0.2) is 5.43 Å². The van der Waals surface area contributed by atoms with Crippen molar-refractivity contribution in [3.8, 4) is 0 Å². The Bertz CT molecular complexity index is 596. The number of nitrogens with two attached hydrogens (primary N) is 1. The van der Waals surface area contributed by atoms with Crippen molar-refractivity contribution in [3.05, 3.63) is 35.6 Å². The van der Waals surface area contributed by atoms with Gasteiger partial charge < -0.3 is 4.42 Å². The summed E-state index contributed by atoms with van der Waals surface area (Å²) in [6.07, 6.45) is 6.19. The molecule has 0 saturated heterocycles. The highest BCUT2D eigenvalue weighted by Crippen LogP contribution is 2.50. The molecule has 1 aliphatic rings. The first kappa shape index (κ1) is 13.7. The molecule has 3 nitrogen and oxygen atoms in total. The SMILES string of the molecule is CCC1(C(NN)c2cc3cc(C)ccc3o2)CCCC1. The van der Waals surface area contributed by atoms with Gasteiger partial charge >= 0.3 is 0 Å². The molecule has 3 heteroatoms. The Balaban J connectivity index is 2.02. The molecule has 20 heavy (non-hydrogen) atoms. The molecular formula is C17H24N2O. The van der Waals surface area contributed by atoms with Crippen molar-refractivity contribution >= 4 is 11.0 Å². The molecule has 0 spiro atoms. The smallest absolute Gasteiger partial charge is 0.134 e. The molecule has 0 aliphatic heterocycles. The summed E-state index contributed by atoms with van der Waals surface area (Å²) in [7, 11) is 0. The van der Waals surface area contributed by atoms with Gasteiger partial charge in [0.2, 0.25) is 0 Å². The topological polar surface area (TPSA) is 51.2 Å². The maximum Gasteiger partial charge on any atom is 0.134 e. The number of rotatable bonds is 4. The second-order valence-corrected chi connectivity index (χ2v) is 6.21. The highest BCUT2D eigenvalue weighted by Gasteiger charge is 2.41. The molecule has 1 unspecified atom stereocenters. The first-order valence-corrected chi connectivity index (χ1v) is 7.65. The van der Waals surface area contributed by atoms with Crippen LogP contribution in [0.1, 0.15) is 56.4 Å². The van der Waals surface area contributed by atoms with E-state index in [4.69, 9.17) is 10.3 Å². The second-order valence-electron chi connectivity index (χ2n) is 6.21. The minimum absolute atomic E-state index is 0.114. The number of nitrogens with one attached hydrogen (secondary N) is 1. The van der Waals surface area contributed by atoms with Crippen molar-refractivity contribution in [1.82, 2.24) is 5.43 Å². The Morgan fingerprint density at radius 2 is 2.05 bits per heavy atom. The van der Waals surface area contributed by atoms with Crippen molar-refractivity contribution in [3.63, 3.8) is 0 Å². The number of hydrogen-bond donors (Lipinski definition) is 2. The number of aryl methyl sites for hydroxylation is 1. The minimum Gasteiger partial charge on any atom is -0.459 e. The number of fused-ring (bicyclic) bond motifs is 1. The van der Waals surface area contributed by atoms with Crippen molar-refractivity contribution in [2.24, 2.45) is 11.3 Å². The van der Waals surface area contributed by atoms with E-state index >= 15 is 0 Å². The van der Waals surface area contributed by atoms with Crippen LogP contribution in [0.15, 0.2) is 28.7 Å². The Kier molecular flexibility index (Phi) is 3.57. The van der Waals surface area contributed by atoms with Crippen LogP contribution in [0, 0.1) is 12.3 Å². The predicted molar refractivity (Wildman–Crippen MR) is 82.2 cm³/mol. The van der Waals surface area contributed by atoms with Crippen LogP contribution in [0.5, 0.6) is 0 Å². The molecule has 1 fully saturated rings. The zero-order valence-corrected chi connectivity index (χ0v) is 12.4. The number of hydrogen-bond acceptors (Lipinski definition) is 3. The third-order valence-electron chi connectivity index (χ3n) is 5.06. The van der Waals surface area contributed by atoms with Crippen molar-refractivity contribution in [2.45, 2.75) is 52.0 Å². The molecule has 1 atom stereocenters. The van der Waals surface area contributed by atoms with E-state index in [-0.39, 0.29) is 11.5 Å². The standard InChI is InChI=1S/C17H24N2O/c1-3-17(8-4-5-9-17)16(19-18)15-11-13-10-12(2)6-7-14(13)20-15/h6-7,10-11,16,19H,3-5,8-9,18H2,1-2H3. The summed E-state index contributed by atoms with van der Waals surface area (Å²) in [5.41, 5.74) is 5.49. The average molecular weight is 272 g/mol. The third-order valence-corrected chi connectivity index (χ3v) is 5.06. The second kappa shape index (κ2) is 5.23. The van der Waals surface area contributed by atoms with Crippen LogP contribution in [0.4, 0.5) is 0 Å². The molecule has 1 aliphatic carbocycles. The summed E-state index contributed by atoms with van der Waals surface area (Å²) < 4.78 is 6.07. The molecule has 0 amide bonds. The van der Waals surface area contributed by atoms with Crippen molar-refractivity contribution in [2.75, 3.05) is 0 Å². The summed E-state index contributed by atoms with van der Waals surface area (Å²) in [4.78, 5) is 0. The third kappa shape index (κ3) is 2.15. The lowest BCUT2D eigenvalue weighted by Gasteiger charge is -2.35. The average Bonchev–Trinajstić information content (AvgIpc) is 3.06. The van der Waals surface area contributed by atoms with Crippen LogP contribution in [0.2, 0.25) is 0 Å². The number of hydrazine groups is 1. The fourth-order valence-corrected chi connectivity index (χ4v) is 3.81. The van der Waals surface area contributed by atoms with E-state index in [0.717, 1.165) is 17.8 Å². The number of furan rings is 1. The fourth-order valence-electron chi connectivity index (χ4n) is 3.81. The Morgan fingerprint density at radius 3 is 2.70 bits per heavy atom. The summed E-state index contributed by atoms with van der Waals surface area (Å²) >= 11 is 0. The molecule has 2 aromatic rings. The van der Waals surface area contributed by atoms with E-state index in [1.54, 1.807) is 0 Å². The molecule has 3 N–H and O–H groups in total. The zero-order chi connectivity index (χ0) is 14.2. The van der Waals surface area contributed by atoms with Crippen LogP contribution in [0.3, 0.4) is 0 Å². The summed E-state index contributed by atoms with van der Waals surface area (Å²) in [6.45, 7) is 4.37. The highest BCUT2D eigenvalue weighted by molar-refractivity contribution is 5.78. The molecule has 1 saturated carbocycles. The lowest BCUT2D eigenvalue weighted by Crippen LogP contribution is -2.39. The van der Waals surface area contributed by atoms with Crippen molar-refractivity contribution < 1.29 is 4.42 Å². The highest BCUT2D eigenvalue weighted by atomic mass is 16.3. The van der Waals surface area contributed by atoms with Crippen LogP contribution in [0.25, 0.3) is 11.0 Å². The molecule has 1 heterocycles. The van der Waals surface area contributed by atoms with Crippen molar-refractivity contribution in [1.29, 1.82) is 0 Å². The Labute approximate surface area is 120 Å². The largest absolute Gasteiger partial charge is 0.459 e. The van der Waals surface area contributed by atoms with Crippen LogP contribution >= 0.6 is 0 Å². The van der Waals surface area contributed by atoms with Gasteiger partial charge in [-0.3, -0.25) is 5.84 Å². The van der Waals surface area contributed by atoms with Gasteiger partial charge in [0.05, 0.1) is 6.04 Å². The maximum absolute atomic E-state index is 6.07. The lowest BCUT2D eigenvalue weighted by atomic mass is 9.75. The van der Waals surface area contributed by atoms with E-state index in [1.807, 2.05) is 0 Å².